The molecule has 1 N–H and O–H groups in total. The average molecular weight is 356 g/mol. The second-order valence-corrected chi connectivity index (χ2v) is 6.92. The number of hydrogen-bond acceptors (Lipinski definition) is 6. The van der Waals surface area contributed by atoms with Crippen molar-refractivity contribution in [2.24, 2.45) is 0 Å². The van der Waals surface area contributed by atoms with Gasteiger partial charge in [-0.3, -0.25) is 9.59 Å². The first-order valence-electron chi connectivity index (χ1n) is 8.09. The van der Waals surface area contributed by atoms with Gasteiger partial charge in [0.2, 0.25) is 5.91 Å². The summed E-state index contributed by atoms with van der Waals surface area (Å²) in [5.74, 6) is 0.221. The molecule has 128 valence electrons. The molecule has 3 heterocycles. The first-order chi connectivity index (χ1) is 12.2. The minimum absolute atomic E-state index is 0.169. The highest BCUT2D eigenvalue weighted by Crippen LogP contribution is 2.29. The van der Waals surface area contributed by atoms with Gasteiger partial charge in [-0.05, 0) is 43.9 Å². The average Bonchev–Trinajstić information content (AvgIpc) is 3.25. The summed E-state index contributed by atoms with van der Waals surface area (Å²) in [7, 11) is 0. The zero-order valence-electron chi connectivity index (χ0n) is 13.4. The number of aromatic nitrogens is 3. The van der Waals surface area contributed by atoms with Crippen molar-refractivity contribution in [3.05, 3.63) is 51.5 Å². The number of fused-ring (bicyclic) bond motifs is 1. The summed E-state index contributed by atoms with van der Waals surface area (Å²) in [6.07, 6.45) is 5.83. The zero-order valence-corrected chi connectivity index (χ0v) is 14.2. The van der Waals surface area contributed by atoms with Crippen LogP contribution in [-0.2, 0) is 24.2 Å². The van der Waals surface area contributed by atoms with Crippen LogP contribution in [0.1, 0.15) is 23.4 Å². The van der Waals surface area contributed by atoms with Crippen molar-refractivity contribution in [2.75, 3.05) is 5.32 Å². The predicted molar refractivity (Wildman–Crippen MR) is 93.6 cm³/mol. The fraction of sp³-hybridized carbons (Fsp3) is 0.294. The summed E-state index contributed by atoms with van der Waals surface area (Å²) >= 11 is 1.51. The van der Waals surface area contributed by atoms with Gasteiger partial charge in [0.1, 0.15) is 12.2 Å². The molecular weight excluding hydrogens is 340 g/mol. The van der Waals surface area contributed by atoms with Crippen LogP contribution in [-0.4, -0.2) is 20.7 Å². The first-order valence-corrected chi connectivity index (χ1v) is 8.91. The third kappa shape index (κ3) is 3.39. The number of nitrogens with zero attached hydrogens (tertiary/aromatic N) is 3. The number of aryl methyl sites for hydroxylation is 2. The SMILES string of the molecule is O=C(Cn1nc(-c2ccco2)ccc1=O)Nc1nc2c(s1)CCCC2. The van der Waals surface area contributed by atoms with Crippen molar-refractivity contribution in [3.63, 3.8) is 0 Å². The molecule has 8 heteroatoms. The smallest absolute Gasteiger partial charge is 0.267 e. The molecular formula is C17H16N4O3S. The highest BCUT2D eigenvalue weighted by molar-refractivity contribution is 7.15. The van der Waals surface area contributed by atoms with E-state index in [9.17, 15) is 9.59 Å². The van der Waals surface area contributed by atoms with Gasteiger partial charge >= 0.3 is 0 Å². The van der Waals surface area contributed by atoms with Gasteiger partial charge < -0.3 is 9.73 Å². The lowest BCUT2D eigenvalue weighted by Gasteiger charge is -2.06. The number of carbonyl (C=O) groups excluding carboxylic acids is 1. The Bertz CT molecular complexity index is 935. The number of rotatable bonds is 4. The molecule has 3 aromatic rings. The van der Waals surface area contributed by atoms with Crippen LogP contribution < -0.4 is 10.9 Å². The van der Waals surface area contributed by atoms with E-state index in [0.29, 0.717) is 16.6 Å². The van der Waals surface area contributed by atoms with Crippen molar-refractivity contribution in [2.45, 2.75) is 32.2 Å². The molecule has 1 aliphatic rings. The van der Waals surface area contributed by atoms with E-state index in [1.807, 2.05) is 0 Å². The second-order valence-electron chi connectivity index (χ2n) is 5.84. The van der Waals surface area contributed by atoms with Crippen molar-refractivity contribution in [3.8, 4) is 11.5 Å². The number of nitrogens with one attached hydrogen (secondary N) is 1. The van der Waals surface area contributed by atoms with E-state index in [1.165, 1.54) is 35.0 Å². The van der Waals surface area contributed by atoms with Gasteiger partial charge in [-0.15, -0.1) is 11.3 Å². The van der Waals surface area contributed by atoms with Crippen LogP contribution >= 0.6 is 11.3 Å². The monoisotopic (exact) mass is 356 g/mol. The maximum atomic E-state index is 12.3. The minimum Gasteiger partial charge on any atom is -0.463 e. The number of thiazole rings is 1. The summed E-state index contributed by atoms with van der Waals surface area (Å²) in [4.78, 5) is 30.0. The summed E-state index contributed by atoms with van der Waals surface area (Å²) in [6, 6.07) is 6.44. The van der Waals surface area contributed by atoms with Crippen molar-refractivity contribution >= 4 is 22.4 Å². The highest BCUT2D eigenvalue weighted by Gasteiger charge is 2.17. The van der Waals surface area contributed by atoms with E-state index in [-0.39, 0.29) is 18.0 Å². The molecule has 0 aliphatic heterocycles. The molecule has 0 atom stereocenters. The van der Waals surface area contributed by atoms with E-state index in [0.717, 1.165) is 29.6 Å². The van der Waals surface area contributed by atoms with E-state index < -0.39 is 0 Å². The normalized spacial score (nSPS) is 13.4. The molecule has 0 bridgehead atoms. The van der Waals surface area contributed by atoms with Crippen molar-refractivity contribution in [1.29, 1.82) is 0 Å². The van der Waals surface area contributed by atoms with E-state index >= 15 is 0 Å². The predicted octanol–water partition coefficient (Wildman–Crippen LogP) is 2.48. The van der Waals surface area contributed by atoms with E-state index in [4.69, 9.17) is 4.42 Å². The molecule has 1 amide bonds. The molecule has 0 spiro atoms. The van der Waals surface area contributed by atoms with Gasteiger partial charge in [0.25, 0.3) is 5.56 Å². The molecule has 0 saturated heterocycles. The Morgan fingerprint density at radius 1 is 1.28 bits per heavy atom. The Morgan fingerprint density at radius 2 is 2.16 bits per heavy atom. The zero-order chi connectivity index (χ0) is 17.2. The molecule has 3 aromatic heterocycles. The Hall–Kier alpha value is -2.74. The van der Waals surface area contributed by atoms with Crippen LogP contribution in [0.4, 0.5) is 5.13 Å². The molecule has 1 aliphatic carbocycles. The standard InChI is InChI=1S/C17H16N4O3S/c22-15(19-17-18-12-4-1-2-6-14(12)25-17)10-21-16(23)8-7-11(20-21)13-5-3-9-24-13/h3,5,7-9H,1-2,4,6,10H2,(H,18,19,22). The molecule has 0 saturated carbocycles. The number of amides is 1. The van der Waals surface area contributed by atoms with Gasteiger partial charge in [0, 0.05) is 10.9 Å². The van der Waals surface area contributed by atoms with Crippen LogP contribution in [0, 0.1) is 0 Å². The highest BCUT2D eigenvalue weighted by atomic mass is 32.1. The third-order valence-electron chi connectivity index (χ3n) is 4.03. The summed E-state index contributed by atoms with van der Waals surface area (Å²) in [5.41, 5.74) is 1.24. The lowest BCUT2D eigenvalue weighted by Crippen LogP contribution is -2.29. The lowest BCUT2D eigenvalue weighted by molar-refractivity contribution is -0.117. The maximum Gasteiger partial charge on any atom is 0.267 e. The summed E-state index contributed by atoms with van der Waals surface area (Å²) in [5, 5.41) is 7.56. The van der Waals surface area contributed by atoms with Crippen molar-refractivity contribution < 1.29 is 9.21 Å². The van der Waals surface area contributed by atoms with Crippen LogP contribution in [0.2, 0.25) is 0 Å². The fourth-order valence-electron chi connectivity index (χ4n) is 2.82. The summed E-state index contributed by atoms with van der Waals surface area (Å²) < 4.78 is 6.40. The Morgan fingerprint density at radius 3 is 2.96 bits per heavy atom. The summed E-state index contributed by atoms with van der Waals surface area (Å²) in [6.45, 7) is -0.169. The van der Waals surface area contributed by atoms with Gasteiger partial charge in [-0.1, -0.05) is 0 Å². The number of carbonyl (C=O) groups is 1. The van der Waals surface area contributed by atoms with Crippen LogP contribution in [0.15, 0.2) is 39.7 Å². The maximum absolute atomic E-state index is 12.3. The fourth-order valence-corrected chi connectivity index (χ4v) is 3.88. The molecule has 25 heavy (non-hydrogen) atoms. The Balaban J connectivity index is 1.50. The lowest BCUT2D eigenvalue weighted by atomic mass is 10.0. The molecule has 0 fully saturated rings. The van der Waals surface area contributed by atoms with Gasteiger partial charge in [0.05, 0.1) is 12.0 Å². The van der Waals surface area contributed by atoms with Gasteiger partial charge in [-0.2, -0.15) is 5.10 Å². The Kier molecular flexibility index (Phi) is 4.19. The van der Waals surface area contributed by atoms with Crippen LogP contribution in [0.25, 0.3) is 11.5 Å². The molecule has 0 unspecified atom stereocenters. The van der Waals surface area contributed by atoms with Crippen LogP contribution in [0.3, 0.4) is 0 Å². The van der Waals surface area contributed by atoms with Gasteiger partial charge in [-0.25, -0.2) is 9.67 Å². The molecule has 7 nitrogen and oxygen atoms in total. The van der Waals surface area contributed by atoms with Crippen LogP contribution in [0.5, 0.6) is 0 Å². The topological polar surface area (TPSA) is 90.0 Å². The molecule has 4 rings (SSSR count). The first kappa shape index (κ1) is 15.8. The minimum atomic E-state index is -0.344. The number of furan rings is 1. The number of hydrogen-bond donors (Lipinski definition) is 1. The quantitative estimate of drug-likeness (QED) is 0.776. The van der Waals surface area contributed by atoms with Crippen molar-refractivity contribution in [1.82, 2.24) is 14.8 Å². The van der Waals surface area contributed by atoms with E-state index in [1.54, 1.807) is 18.2 Å². The van der Waals surface area contributed by atoms with E-state index in [2.05, 4.69) is 15.4 Å². The third-order valence-corrected chi connectivity index (χ3v) is 5.10. The molecule has 0 radical (unpaired) electrons. The molecule has 0 aromatic carbocycles. The number of anilines is 1. The Labute approximate surface area is 147 Å². The second kappa shape index (κ2) is 6.64. The largest absolute Gasteiger partial charge is 0.463 e. The van der Waals surface area contributed by atoms with Gasteiger partial charge in [0.15, 0.2) is 10.9 Å².